The number of hydrogen-bond acceptors (Lipinski definition) is 3. The van der Waals surface area contributed by atoms with Gasteiger partial charge in [0.25, 0.3) is 0 Å². The minimum absolute atomic E-state index is 0.0601. The lowest BCUT2D eigenvalue weighted by Gasteiger charge is -2.07. The van der Waals surface area contributed by atoms with Crippen LogP contribution in [0.1, 0.15) is 24.2 Å². The molecule has 1 N–H and O–H groups in total. The first-order valence-electron chi connectivity index (χ1n) is 4.92. The van der Waals surface area contributed by atoms with E-state index in [-0.39, 0.29) is 5.92 Å². The van der Waals surface area contributed by atoms with Crippen LogP contribution in [0.25, 0.3) is 0 Å². The molecule has 2 aromatic heterocycles. The number of aromatic nitrogens is 2. The summed E-state index contributed by atoms with van der Waals surface area (Å²) in [5, 5.41) is 0. The Bertz CT molecular complexity index is 538. The number of hydrogen-bond donors (Lipinski definition) is 2. The Morgan fingerprint density at radius 2 is 2.19 bits per heavy atom. The Kier molecular flexibility index (Phi) is 3.05. The van der Waals surface area contributed by atoms with Gasteiger partial charge in [-0.15, -0.1) is 0 Å². The molecule has 0 aliphatic heterocycles. The standard InChI is InChI=1S/C11H12N2O2S/c1-8(10-4-2-3-5-12-10)11-6-9(7-13-11)16(14)15/h2-8,13,16H,1H3. The summed E-state index contributed by atoms with van der Waals surface area (Å²) < 4.78 is 21.5. The zero-order valence-electron chi connectivity index (χ0n) is 8.75. The van der Waals surface area contributed by atoms with Crippen LogP contribution in [-0.2, 0) is 10.7 Å². The first kappa shape index (κ1) is 10.9. The van der Waals surface area contributed by atoms with Gasteiger partial charge in [0.1, 0.15) is 0 Å². The fourth-order valence-electron chi connectivity index (χ4n) is 1.55. The quantitative estimate of drug-likeness (QED) is 0.794. The van der Waals surface area contributed by atoms with Crippen molar-refractivity contribution >= 4 is 10.7 Å². The van der Waals surface area contributed by atoms with Gasteiger partial charge in [-0.1, -0.05) is 13.0 Å². The first-order valence-corrected chi connectivity index (χ1v) is 6.10. The molecule has 0 aromatic carbocycles. The van der Waals surface area contributed by atoms with E-state index in [2.05, 4.69) is 9.97 Å². The Hall–Kier alpha value is -1.62. The summed E-state index contributed by atoms with van der Waals surface area (Å²) >= 11 is 0. The zero-order valence-corrected chi connectivity index (χ0v) is 9.65. The molecule has 0 saturated carbocycles. The fraction of sp³-hybridized carbons (Fsp3) is 0.182. The van der Waals surface area contributed by atoms with Gasteiger partial charge < -0.3 is 4.98 Å². The molecule has 2 aromatic rings. The maximum Gasteiger partial charge on any atom is 0.169 e. The Morgan fingerprint density at radius 3 is 2.75 bits per heavy atom. The number of nitrogens with zero attached hydrogens (tertiary/aromatic N) is 1. The Labute approximate surface area is 95.3 Å². The van der Waals surface area contributed by atoms with Crippen molar-refractivity contribution in [2.24, 2.45) is 0 Å². The predicted molar refractivity (Wildman–Crippen MR) is 61.1 cm³/mol. The molecular formula is C11H12N2O2S. The van der Waals surface area contributed by atoms with Gasteiger partial charge in [-0.2, -0.15) is 0 Å². The van der Waals surface area contributed by atoms with E-state index in [0.29, 0.717) is 4.90 Å². The number of H-pyrrole nitrogens is 1. The van der Waals surface area contributed by atoms with E-state index in [4.69, 9.17) is 0 Å². The highest BCUT2D eigenvalue weighted by molar-refractivity contribution is 7.72. The van der Waals surface area contributed by atoms with Gasteiger partial charge in [0.2, 0.25) is 0 Å². The monoisotopic (exact) mass is 236 g/mol. The minimum atomic E-state index is -2.52. The summed E-state index contributed by atoms with van der Waals surface area (Å²) in [4.78, 5) is 7.51. The highest BCUT2D eigenvalue weighted by atomic mass is 32.2. The number of thiol groups is 1. The Balaban J connectivity index is 2.31. The molecule has 0 fully saturated rings. The van der Waals surface area contributed by atoms with Crippen molar-refractivity contribution in [1.82, 2.24) is 9.97 Å². The van der Waals surface area contributed by atoms with Crippen LogP contribution in [0.2, 0.25) is 0 Å². The van der Waals surface area contributed by atoms with E-state index < -0.39 is 10.7 Å². The second-order valence-corrected chi connectivity index (χ2v) is 4.58. The van der Waals surface area contributed by atoms with E-state index in [1.165, 1.54) is 6.20 Å². The highest BCUT2D eigenvalue weighted by Gasteiger charge is 2.11. The Morgan fingerprint density at radius 1 is 1.38 bits per heavy atom. The van der Waals surface area contributed by atoms with E-state index in [9.17, 15) is 8.42 Å². The number of rotatable bonds is 3. The first-order chi connectivity index (χ1) is 7.68. The maximum atomic E-state index is 10.8. The summed E-state index contributed by atoms with van der Waals surface area (Å²) in [6, 6.07) is 7.33. The zero-order chi connectivity index (χ0) is 11.5. The molecule has 0 amide bonds. The normalized spacial score (nSPS) is 12.9. The smallest absolute Gasteiger partial charge is 0.169 e. The molecular weight excluding hydrogens is 224 g/mol. The average Bonchev–Trinajstić information content (AvgIpc) is 2.78. The van der Waals surface area contributed by atoms with Crippen molar-refractivity contribution in [2.45, 2.75) is 17.7 Å². The van der Waals surface area contributed by atoms with Gasteiger partial charge >= 0.3 is 0 Å². The van der Waals surface area contributed by atoms with Crippen molar-refractivity contribution in [1.29, 1.82) is 0 Å². The maximum absolute atomic E-state index is 10.8. The van der Waals surface area contributed by atoms with Crippen molar-refractivity contribution < 1.29 is 8.42 Å². The van der Waals surface area contributed by atoms with Gasteiger partial charge in [-0.25, -0.2) is 8.42 Å². The third-order valence-electron chi connectivity index (χ3n) is 2.50. The largest absolute Gasteiger partial charge is 0.363 e. The molecule has 16 heavy (non-hydrogen) atoms. The third kappa shape index (κ3) is 2.14. The van der Waals surface area contributed by atoms with Crippen LogP contribution in [0.4, 0.5) is 0 Å². The van der Waals surface area contributed by atoms with Crippen LogP contribution in [0.5, 0.6) is 0 Å². The van der Waals surface area contributed by atoms with E-state index in [0.717, 1.165) is 11.4 Å². The van der Waals surface area contributed by atoms with Gasteiger partial charge in [0.05, 0.1) is 4.90 Å². The molecule has 1 atom stereocenters. The van der Waals surface area contributed by atoms with Crippen molar-refractivity contribution in [3.8, 4) is 0 Å². The van der Waals surface area contributed by atoms with Crippen molar-refractivity contribution in [3.05, 3.63) is 48.0 Å². The average molecular weight is 236 g/mol. The molecule has 0 aliphatic carbocycles. The summed E-state index contributed by atoms with van der Waals surface area (Å²) in [5.41, 5.74) is 1.77. The lowest BCUT2D eigenvalue weighted by molar-refractivity contribution is 0.614. The van der Waals surface area contributed by atoms with Crippen LogP contribution in [0, 0.1) is 0 Å². The summed E-state index contributed by atoms with van der Waals surface area (Å²) in [7, 11) is -2.52. The molecule has 0 saturated heterocycles. The molecule has 2 rings (SSSR count). The van der Waals surface area contributed by atoms with Crippen LogP contribution in [-0.4, -0.2) is 18.4 Å². The van der Waals surface area contributed by atoms with E-state index in [1.54, 1.807) is 12.3 Å². The highest BCUT2D eigenvalue weighted by Crippen LogP contribution is 2.21. The van der Waals surface area contributed by atoms with Gasteiger partial charge in [0, 0.05) is 29.7 Å². The summed E-state index contributed by atoms with van der Waals surface area (Å²) in [5.74, 6) is 0.0601. The molecule has 0 radical (unpaired) electrons. The van der Waals surface area contributed by atoms with E-state index >= 15 is 0 Å². The lowest BCUT2D eigenvalue weighted by atomic mass is 10.0. The van der Waals surface area contributed by atoms with Gasteiger partial charge in [0.15, 0.2) is 10.7 Å². The molecule has 4 nitrogen and oxygen atoms in total. The third-order valence-corrected chi connectivity index (χ3v) is 3.18. The molecule has 5 heteroatoms. The van der Waals surface area contributed by atoms with Crippen LogP contribution in [0.15, 0.2) is 41.6 Å². The van der Waals surface area contributed by atoms with Gasteiger partial charge in [-0.05, 0) is 18.2 Å². The number of nitrogens with one attached hydrogen (secondary N) is 1. The van der Waals surface area contributed by atoms with Crippen molar-refractivity contribution in [3.63, 3.8) is 0 Å². The van der Waals surface area contributed by atoms with Crippen LogP contribution < -0.4 is 0 Å². The number of pyridine rings is 1. The van der Waals surface area contributed by atoms with Gasteiger partial charge in [-0.3, -0.25) is 4.98 Å². The number of aromatic amines is 1. The molecule has 0 spiro atoms. The molecule has 0 bridgehead atoms. The SMILES string of the molecule is CC(c1ccccn1)c1cc([SH](=O)=O)c[nH]1. The van der Waals surface area contributed by atoms with Crippen LogP contribution >= 0.6 is 0 Å². The topological polar surface area (TPSA) is 62.8 Å². The predicted octanol–water partition coefficient (Wildman–Crippen LogP) is 1.53. The van der Waals surface area contributed by atoms with Crippen molar-refractivity contribution in [2.75, 3.05) is 0 Å². The second kappa shape index (κ2) is 4.49. The minimum Gasteiger partial charge on any atom is -0.363 e. The molecule has 1 unspecified atom stereocenters. The van der Waals surface area contributed by atoms with Crippen LogP contribution in [0.3, 0.4) is 0 Å². The summed E-state index contributed by atoms with van der Waals surface area (Å²) in [6.07, 6.45) is 3.23. The molecule has 0 aliphatic rings. The molecule has 2 heterocycles. The second-order valence-electron chi connectivity index (χ2n) is 3.55. The molecule has 84 valence electrons. The van der Waals surface area contributed by atoms with E-state index in [1.807, 2.05) is 25.1 Å². The fourth-order valence-corrected chi connectivity index (χ4v) is 1.96. The lowest BCUT2D eigenvalue weighted by Crippen LogP contribution is -1.98. The summed E-state index contributed by atoms with van der Waals surface area (Å²) in [6.45, 7) is 1.98.